The number of carbonyl (C=O) groups excluding carboxylic acids is 1. The number of aromatic nitrogens is 1. The Morgan fingerprint density at radius 2 is 2.14 bits per heavy atom. The maximum atomic E-state index is 11.1. The normalized spacial score (nSPS) is 23.0. The molecule has 1 aliphatic carbocycles. The van der Waals surface area contributed by atoms with Crippen molar-refractivity contribution in [1.82, 2.24) is 10.3 Å². The average molecular weight is 441 g/mol. The fourth-order valence-corrected chi connectivity index (χ4v) is 4.78. The van der Waals surface area contributed by atoms with Crippen LogP contribution in [0.3, 0.4) is 0 Å². The lowest BCUT2D eigenvalue weighted by atomic mass is 9.84. The van der Waals surface area contributed by atoms with Crippen LogP contribution in [0.5, 0.6) is 10.9 Å². The first-order chi connectivity index (χ1) is 13.8. The maximum Gasteiger partial charge on any atom is 0.274 e. The van der Waals surface area contributed by atoms with Gasteiger partial charge in [-0.2, -0.15) is 0 Å². The van der Waals surface area contributed by atoms with E-state index in [1.54, 1.807) is 0 Å². The summed E-state index contributed by atoms with van der Waals surface area (Å²) in [6.45, 7) is 8.63. The highest BCUT2D eigenvalue weighted by Gasteiger charge is 2.33. The van der Waals surface area contributed by atoms with Crippen LogP contribution < -0.4 is 14.8 Å². The summed E-state index contributed by atoms with van der Waals surface area (Å²) < 4.78 is 18.7. The zero-order chi connectivity index (χ0) is 21.0. The maximum absolute atomic E-state index is 11.1. The lowest BCUT2D eigenvalue weighted by molar-refractivity contribution is -0.121. The number of rotatable bonds is 8. The predicted molar refractivity (Wildman–Crippen MR) is 116 cm³/mol. The lowest BCUT2D eigenvalue weighted by Crippen LogP contribution is -2.42. The molecule has 0 spiro atoms. The molecule has 0 aliphatic heterocycles. The van der Waals surface area contributed by atoms with E-state index >= 15 is 0 Å². The third kappa shape index (κ3) is 5.74. The van der Waals surface area contributed by atoms with Crippen LogP contribution >= 0.6 is 22.9 Å². The first kappa shape index (κ1) is 22.1. The van der Waals surface area contributed by atoms with Gasteiger partial charge in [0.25, 0.3) is 5.19 Å². The number of benzene rings is 1. The second kappa shape index (κ2) is 9.49. The number of thiazole rings is 1. The Hall–Kier alpha value is -1.57. The Labute approximate surface area is 180 Å². The lowest BCUT2D eigenvalue weighted by Gasteiger charge is -2.38. The van der Waals surface area contributed by atoms with Crippen LogP contribution in [0.1, 0.15) is 53.4 Å². The molecule has 0 unspecified atom stereocenters. The SMILES string of the molecule is CCOc1nc2ccc(O[C@H]3CC[C@](C)(OC[C@H](C)NC(C)=O)CC3)c(Cl)c2s1. The van der Waals surface area contributed by atoms with Crippen LogP contribution in [0.25, 0.3) is 10.2 Å². The first-order valence-electron chi connectivity index (χ1n) is 10.1. The van der Waals surface area contributed by atoms with E-state index in [-0.39, 0.29) is 23.7 Å². The van der Waals surface area contributed by atoms with E-state index in [1.165, 1.54) is 18.3 Å². The van der Waals surface area contributed by atoms with Crippen molar-refractivity contribution < 1.29 is 19.0 Å². The predicted octanol–water partition coefficient (Wildman–Crippen LogP) is 4.97. The van der Waals surface area contributed by atoms with Crippen LogP contribution in [0.15, 0.2) is 12.1 Å². The van der Waals surface area contributed by atoms with E-state index in [1.807, 2.05) is 26.0 Å². The van der Waals surface area contributed by atoms with Crippen molar-refractivity contribution in [3.05, 3.63) is 17.2 Å². The number of ether oxygens (including phenoxy) is 3. The molecule has 29 heavy (non-hydrogen) atoms. The second-order valence-corrected chi connectivity index (χ2v) is 9.16. The van der Waals surface area contributed by atoms with Gasteiger partial charge in [-0.05, 0) is 58.6 Å². The molecule has 1 aromatic heterocycles. The van der Waals surface area contributed by atoms with E-state index in [4.69, 9.17) is 25.8 Å². The van der Waals surface area contributed by atoms with E-state index in [0.717, 1.165) is 35.9 Å². The summed E-state index contributed by atoms with van der Waals surface area (Å²) >= 11 is 8.03. The number of nitrogens with one attached hydrogen (secondary N) is 1. The van der Waals surface area contributed by atoms with Gasteiger partial charge < -0.3 is 19.5 Å². The summed E-state index contributed by atoms with van der Waals surface area (Å²) in [6, 6.07) is 3.82. The smallest absolute Gasteiger partial charge is 0.274 e. The van der Waals surface area contributed by atoms with Crippen molar-refractivity contribution in [2.24, 2.45) is 0 Å². The molecule has 1 amide bonds. The molecule has 0 radical (unpaired) electrons. The molecular formula is C21H29ClN2O4S. The molecule has 2 aromatic rings. The second-order valence-electron chi connectivity index (χ2n) is 7.82. The fourth-order valence-electron chi connectivity index (χ4n) is 3.56. The molecule has 0 saturated heterocycles. The van der Waals surface area contributed by atoms with E-state index in [0.29, 0.717) is 29.2 Å². The summed E-state index contributed by atoms with van der Waals surface area (Å²) in [7, 11) is 0. The molecule has 1 fully saturated rings. The van der Waals surface area contributed by atoms with Crippen molar-refractivity contribution in [2.75, 3.05) is 13.2 Å². The molecule has 1 N–H and O–H groups in total. The van der Waals surface area contributed by atoms with Crippen molar-refractivity contribution in [3.63, 3.8) is 0 Å². The van der Waals surface area contributed by atoms with Crippen LogP contribution in [0.2, 0.25) is 5.02 Å². The molecule has 160 valence electrons. The van der Waals surface area contributed by atoms with Gasteiger partial charge in [0.15, 0.2) is 0 Å². The molecule has 0 bridgehead atoms. The number of fused-ring (bicyclic) bond motifs is 1. The van der Waals surface area contributed by atoms with Gasteiger partial charge in [-0.15, -0.1) is 0 Å². The van der Waals surface area contributed by atoms with Crippen molar-refractivity contribution in [2.45, 2.75) is 71.1 Å². The van der Waals surface area contributed by atoms with Gasteiger partial charge in [0.05, 0.1) is 35.1 Å². The van der Waals surface area contributed by atoms with Gasteiger partial charge in [-0.1, -0.05) is 22.9 Å². The Morgan fingerprint density at radius 1 is 1.41 bits per heavy atom. The topological polar surface area (TPSA) is 69.7 Å². The summed E-state index contributed by atoms with van der Waals surface area (Å²) in [5.41, 5.74) is 0.637. The van der Waals surface area contributed by atoms with Gasteiger partial charge in [0.2, 0.25) is 5.91 Å². The Morgan fingerprint density at radius 3 is 2.79 bits per heavy atom. The highest BCUT2D eigenvalue weighted by atomic mass is 35.5. The molecule has 8 heteroatoms. The zero-order valence-electron chi connectivity index (χ0n) is 17.4. The standard InChI is InChI=1S/C21H29ClN2O4S/c1-5-26-20-24-16-6-7-17(18(22)19(16)29-20)28-15-8-10-21(4,11-9-15)27-12-13(2)23-14(3)25/h6-7,13,15H,5,8-12H2,1-4H3,(H,23,25)/t13-,15-,21-/m0/s1. The number of halogens is 1. The Kier molecular flexibility index (Phi) is 7.24. The van der Waals surface area contributed by atoms with Gasteiger partial charge in [-0.3, -0.25) is 4.79 Å². The third-order valence-corrected chi connectivity index (χ3v) is 6.61. The summed E-state index contributed by atoms with van der Waals surface area (Å²) in [5, 5.41) is 4.08. The zero-order valence-corrected chi connectivity index (χ0v) is 19.0. The average Bonchev–Trinajstić information content (AvgIpc) is 3.08. The minimum atomic E-state index is -0.190. The number of carbonyl (C=O) groups is 1. The van der Waals surface area contributed by atoms with E-state index in [9.17, 15) is 4.79 Å². The monoisotopic (exact) mass is 440 g/mol. The van der Waals surface area contributed by atoms with Crippen LogP contribution in [0.4, 0.5) is 0 Å². The van der Waals surface area contributed by atoms with Gasteiger partial charge in [0.1, 0.15) is 10.8 Å². The highest BCUT2D eigenvalue weighted by Crippen LogP contribution is 2.41. The summed E-state index contributed by atoms with van der Waals surface area (Å²) in [4.78, 5) is 15.6. The molecule has 6 nitrogen and oxygen atoms in total. The van der Waals surface area contributed by atoms with Crippen molar-refractivity contribution in [3.8, 4) is 10.9 Å². The molecule has 1 saturated carbocycles. The van der Waals surface area contributed by atoms with Crippen molar-refractivity contribution >= 4 is 39.1 Å². The summed E-state index contributed by atoms with van der Waals surface area (Å²) in [6.07, 6.45) is 3.70. The molecule has 3 rings (SSSR count). The van der Waals surface area contributed by atoms with Gasteiger partial charge in [-0.25, -0.2) is 4.98 Å². The molecular weight excluding hydrogens is 412 g/mol. The minimum absolute atomic E-state index is 0.00446. The van der Waals surface area contributed by atoms with E-state index in [2.05, 4.69) is 17.2 Å². The number of hydrogen-bond acceptors (Lipinski definition) is 6. The van der Waals surface area contributed by atoms with Gasteiger partial charge >= 0.3 is 0 Å². The highest BCUT2D eigenvalue weighted by molar-refractivity contribution is 7.20. The van der Waals surface area contributed by atoms with Gasteiger partial charge in [0, 0.05) is 13.0 Å². The largest absolute Gasteiger partial charge is 0.489 e. The van der Waals surface area contributed by atoms with E-state index < -0.39 is 0 Å². The molecule has 1 atom stereocenters. The Balaban J connectivity index is 1.56. The molecule has 1 aliphatic rings. The third-order valence-electron chi connectivity index (χ3n) is 5.13. The number of amides is 1. The van der Waals surface area contributed by atoms with Crippen LogP contribution in [0, 0.1) is 0 Å². The van der Waals surface area contributed by atoms with Crippen molar-refractivity contribution in [1.29, 1.82) is 0 Å². The number of hydrogen-bond donors (Lipinski definition) is 1. The molecule has 1 heterocycles. The quantitative estimate of drug-likeness (QED) is 0.627. The first-order valence-corrected chi connectivity index (χ1v) is 11.3. The van der Waals surface area contributed by atoms with Crippen LogP contribution in [-0.4, -0.2) is 41.9 Å². The van der Waals surface area contributed by atoms with Crippen LogP contribution in [-0.2, 0) is 9.53 Å². The summed E-state index contributed by atoms with van der Waals surface area (Å²) in [5.74, 6) is 0.659. The number of nitrogens with zero attached hydrogens (tertiary/aromatic N) is 1. The Bertz CT molecular complexity index is 849. The fraction of sp³-hybridized carbons (Fsp3) is 0.619. The minimum Gasteiger partial charge on any atom is -0.489 e. The molecule has 1 aromatic carbocycles.